The first-order valence-electron chi connectivity index (χ1n) is 7.15. The zero-order valence-electron chi connectivity index (χ0n) is 12.4. The molecule has 2 rings (SSSR count). The molecule has 1 heterocycles. The highest BCUT2D eigenvalue weighted by atomic mass is 32.1. The smallest absolute Gasteiger partial charge is 0.252 e. The van der Waals surface area contributed by atoms with Gasteiger partial charge in [0.15, 0.2) is 0 Å². The van der Waals surface area contributed by atoms with Gasteiger partial charge in [-0.25, -0.2) is 0 Å². The van der Waals surface area contributed by atoms with Gasteiger partial charge >= 0.3 is 0 Å². The van der Waals surface area contributed by atoms with Gasteiger partial charge in [-0.2, -0.15) is 0 Å². The molecule has 22 heavy (non-hydrogen) atoms. The fourth-order valence-electron chi connectivity index (χ4n) is 1.69. The van der Waals surface area contributed by atoms with Crippen molar-refractivity contribution in [2.45, 2.75) is 19.8 Å². The van der Waals surface area contributed by atoms with E-state index in [-0.39, 0.29) is 12.5 Å². The van der Waals surface area contributed by atoms with E-state index in [1.54, 1.807) is 0 Å². The van der Waals surface area contributed by atoms with Crippen molar-refractivity contribution in [3.05, 3.63) is 35.3 Å². The number of amides is 1. The Balaban J connectivity index is 1.67. The lowest BCUT2D eigenvalue weighted by atomic mass is 10.3. The van der Waals surface area contributed by atoms with Crippen molar-refractivity contribution in [3.63, 3.8) is 0 Å². The Labute approximate surface area is 133 Å². The molecular formula is C15H19N3O3S. The summed E-state index contributed by atoms with van der Waals surface area (Å²) in [5, 5.41) is 12.0. The number of nitrogens with zero attached hydrogens (tertiary/aromatic N) is 2. The predicted octanol–water partition coefficient (Wildman–Crippen LogP) is 2.52. The van der Waals surface area contributed by atoms with Crippen LogP contribution in [0.4, 0.5) is 5.13 Å². The first kappa shape index (κ1) is 16.4. The zero-order chi connectivity index (χ0) is 15.6. The molecule has 118 valence electrons. The number of ether oxygens (including phenoxy) is 2. The topological polar surface area (TPSA) is 73.3 Å². The SMILES string of the molecule is CCOCC(=O)Nc1nnc(CCCOc2ccccc2)s1. The Hall–Kier alpha value is -1.99. The molecule has 0 saturated heterocycles. The Morgan fingerprint density at radius 1 is 1.27 bits per heavy atom. The van der Waals surface area contributed by atoms with Crippen molar-refractivity contribution in [3.8, 4) is 5.75 Å². The summed E-state index contributed by atoms with van der Waals surface area (Å²) in [7, 11) is 0. The average Bonchev–Trinajstić information content (AvgIpc) is 2.98. The van der Waals surface area contributed by atoms with Gasteiger partial charge in [0, 0.05) is 13.0 Å². The van der Waals surface area contributed by atoms with Gasteiger partial charge in [-0.05, 0) is 25.5 Å². The number of rotatable bonds is 9. The lowest BCUT2D eigenvalue weighted by Gasteiger charge is -2.04. The van der Waals surface area contributed by atoms with Crippen LogP contribution in [0, 0.1) is 0 Å². The van der Waals surface area contributed by atoms with E-state index in [1.165, 1.54) is 11.3 Å². The molecule has 0 unspecified atom stereocenters. The van der Waals surface area contributed by atoms with Crippen LogP contribution in [-0.2, 0) is 16.0 Å². The Bertz CT molecular complexity index is 574. The largest absolute Gasteiger partial charge is 0.494 e. The van der Waals surface area contributed by atoms with Gasteiger partial charge in [0.1, 0.15) is 17.4 Å². The summed E-state index contributed by atoms with van der Waals surface area (Å²) in [4.78, 5) is 11.5. The average molecular weight is 321 g/mol. The summed E-state index contributed by atoms with van der Waals surface area (Å²) in [6.07, 6.45) is 1.61. The minimum Gasteiger partial charge on any atom is -0.494 e. The van der Waals surface area contributed by atoms with Crippen LogP contribution >= 0.6 is 11.3 Å². The maximum absolute atomic E-state index is 11.5. The maximum atomic E-state index is 11.5. The van der Waals surface area contributed by atoms with Crippen LogP contribution in [0.5, 0.6) is 5.75 Å². The van der Waals surface area contributed by atoms with Gasteiger partial charge in [0.05, 0.1) is 6.61 Å². The van der Waals surface area contributed by atoms with Gasteiger partial charge in [-0.3, -0.25) is 10.1 Å². The van der Waals surface area contributed by atoms with E-state index < -0.39 is 0 Å². The summed E-state index contributed by atoms with van der Waals surface area (Å²) in [5.74, 6) is 0.653. The van der Waals surface area contributed by atoms with Gasteiger partial charge in [-0.1, -0.05) is 29.5 Å². The molecule has 1 N–H and O–H groups in total. The van der Waals surface area contributed by atoms with Gasteiger partial charge in [0.25, 0.3) is 5.91 Å². The number of aromatic nitrogens is 2. The highest BCUT2D eigenvalue weighted by Crippen LogP contribution is 2.17. The monoisotopic (exact) mass is 321 g/mol. The molecule has 6 nitrogen and oxygen atoms in total. The molecule has 1 aromatic heterocycles. The van der Waals surface area contributed by atoms with Crippen LogP contribution in [0.2, 0.25) is 0 Å². The number of aryl methyl sites for hydroxylation is 1. The summed E-state index contributed by atoms with van der Waals surface area (Å²) in [5.41, 5.74) is 0. The van der Waals surface area contributed by atoms with E-state index in [4.69, 9.17) is 9.47 Å². The van der Waals surface area contributed by atoms with Crippen LogP contribution in [-0.4, -0.2) is 35.9 Å². The van der Waals surface area contributed by atoms with E-state index in [0.717, 1.165) is 23.6 Å². The van der Waals surface area contributed by atoms with Crippen LogP contribution in [0.1, 0.15) is 18.4 Å². The molecular weight excluding hydrogens is 302 g/mol. The van der Waals surface area contributed by atoms with Crippen LogP contribution < -0.4 is 10.1 Å². The highest BCUT2D eigenvalue weighted by molar-refractivity contribution is 7.15. The molecule has 0 aliphatic heterocycles. The van der Waals surface area contributed by atoms with Crippen molar-refractivity contribution >= 4 is 22.4 Å². The summed E-state index contributed by atoms with van der Waals surface area (Å²) >= 11 is 1.38. The predicted molar refractivity (Wildman–Crippen MR) is 85.3 cm³/mol. The van der Waals surface area contributed by atoms with E-state index in [9.17, 15) is 4.79 Å². The fraction of sp³-hybridized carbons (Fsp3) is 0.400. The quantitative estimate of drug-likeness (QED) is 0.718. The molecule has 2 aromatic rings. The third-order valence-electron chi connectivity index (χ3n) is 2.70. The first-order valence-corrected chi connectivity index (χ1v) is 7.97. The lowest BCUT2D eigenvalue weighted by Crippen LogP contribution is -2.17. The third-order valence-corrected chi connectivity index (χ3v) is 3.60. The number of anilines is 1. The van der Waals surface area contributed by atoms with Crippen LogP contribution in [0.25, 0.3) is 0 Å². The minimum atomic E-state index is -0.211. The number of nitrogens with one attached hydrogen (secondary N) is 1. The molecule has 7 heteroatoms. The van der Waals surface area contributed by atoms with Gasteiger partial charge in [-0.15, -0.1) is 10.2 Å². The normalized spacial score (nSPS) is 10.4. The zero-order valence-corrected chi connectivity index (χ0v) is 13.3. The number of para-hydroxylation sites is 1. The molecule has 0 fully saturated rings. The van der Waals surface area contributed by atoms with Crippen LogP contribution in [0.3, 0.4) is 0 Å². The minimum absolute atomic E-state index is 0.0380. The second kappa shape index (κ2) is 9.11. The van der Waals surface area contributed by atoms with Crippen molar-refractivity contribution in [2.24, 2.45) is 0 Å². The Morgan fingerprint density at radius 3 is 2.86 bits per heavy atom. The number of carbonyl (C=O) groups is 1. The second-order valence-corrected chi connectivity index (χ2v) is 5.51. The molecule has 0 radical (unpaired) electrons. The third kappa shape index (κ3) is 5.79. The first-order chi connectivity index (χ1) is 10.8. The highest BCUT2D eigenvalue weighted by Gasteiger charge is 2.08. The summed E-state index contributed by atoms with van der Waals surface area (Å²) < 4.78 is 10.6. The second-order valence-electron chi connectivity index (χ2n) is 4.45. The van der Waals surface area contributed by atoms with Crippen molar-refractivity contribution in [1.29, 1.82) is 0 Å². The van der Waals surface area contributed by atoms with E-state index in [2.05, 4.69) is 15.5 Å². The standard InChI is InChI=1S/C15H19N3O3S/c1-2-20-11-13(19)16-15-18-17-14(22-15)9-6-10-21-12-7-4-3-5-8-12/h3-5,7-8H,2,6,9-11H2,1H3,(H,16,18,19). The van der Waals surface area contributed by atoms with Crippen molar-refractivity contribution in [2.75, 3.05) is 25.1 Å². The maximum Gasteiger partial charge on any atom is 0.252 e. The van der Waals surface area contributed by atoms with Crippen molar-refractivity contribution < 1.29 is 14.3 Å². The molecule has 1 aromatic carbocycles. The summed E-state index contributed by atoms with van der Waals surface area (Å²) in [6.45, 7) is 3.01. The van der Waals surface area contributed by atoms with Gasteiger partial charge in [0.2, 0.25) is 5.13 Å². The number of carbonyl (C=O) groups excluding carboxylic acids is 1. The molecule has 0 atom stereocenters. The molecule has 0 spiro atoms. The lowest BCUT2D eigenvalue weighted by molar-refractivity contribution is -0.120. The number of hydrogen-bond acceptors (Lipinski definition) is 6. The number of hydrogen-bond donors (Lipinski definition) is 1. The van der Waals surface area contributed by atoms with E-state index in [1.807, 2.05) is 37.3 Å². The van der Waals surface area contributed by atoms with Crippen LogP contribution in [0.15, 0.2) is 30.3 Å². The molecule has 0 aliphatic rings. The summed E-state index contributed by atoms with van der Waals surface area (Å²) in [6, 6.07) is 9.69. The number of benzene rings is 1. The van der Waals surface area contributed by atoms with E-state index >= 15 is 0 Å². The molecule has 1 amide bonds. The molecule has 0 aliphatic carbocycles. The molecule has 0 bridgehead atoms. The van der Waals surface area contributed by atoms with E-state index in [0.29, 0.717) is 18.3 Å². The molecule has 0 saturated carbocycles. The Kier molecular flexibility index (Phi) is 6.79. The van der Waals surface area contributed by atoms with Gasteiger partial charge < -0.3 is 9.47 Å². The Morgan fingerprint density at radius 2 is 2.09 bits per heavy atom. The van der Waals surface area contributed by atoms with Crippen molar-refractivity contribution in [1.82, 2.24) is 10.2 Å². The fourth-order valence-corrected chi connectivity index (χ4v) is 2.48.